The van der Waals surface area contributed by atoms with Gasteiger partial charge in [0.05, 0.1) is 23.9 Å². The van der Waals surface area contributed by atoms with Gasteiger partial charge in [-0.15, -0.1) is 0 Å². The van der Waals surface area contributed by atoms with Gasteiger partial charge in [-0.25, -0.2) is 0 Å². The molecule has 198 valence electrons. The molecule has 0 aromatic rings. The van der Waals surface area contributed by atoms with Gasteiger partial charge in [-0.2, -0.15) is 0 Å². The van der Waals surface area contributed by atoms with Crippen LogP contribution in [0.15, 0.2) is 0 Å². The van der Waals surface area contributed by atoms with Crippen LogP contribution in [0.1, 0.15) is 91.9 Å². The van der Waals surface area contributed by atoms with Crippen molar-refractivity contribution < 1.29 is 19.7 Å². The highest BCUT2D eigenvalue weighted by Gasteiger charge is 2.82. The Bertz CT molecular complexity index is 877. The number of hydrogen-bond acceptors (Lipinski definition) is 5. The first-order valence-electron chi connectivity index (χ1n) is 14.6. The van der Waals surface area contributed by atoms with E-state index in [0.29, 0.717) is 17.8 Å². The van der Waals surface area contributed by atoms with Crippen molar-refractivity contribution in [2.24, 2.45) is 45.7 Å². The van der Waals surface area contributed by atoms with Crippen molar-refractivity contribution >= 4 is 5.91 Å². The summed E-state index contributed by atoms with van der Waals surface area (Å²) in [5.74, 6) is 1.19. The zero-order chi connectivity index (χ0) is 25.0. The van der Waals surface area contributed by atoms with Gasteiger partial charge in [-0.3, -0.25) is 4.79 Å². The summed E-state index contributed by atoms with van der Waals surface area (Å²) >= 11 is 0. The summed E-state index contributed by atoms with van der Waals surface area (Å²) in [5.41, 5.74) is 7.18. The minimum atomic E-state index is -0.730. The molecule has 2 aliphatic heterocycles. The van der Waals surface area contributed by atoms with Crippen LogP contribution in [0, 0.1) is 39.9 Å². The van der Waals surface area contributed by atoms with Crippen LogP contribution in [0.4, 0.5) is 0 Å². The number of ether oxygens (including phenoxy) is 1. The summed E-state index contributed by atoms with van der Waals surface area (Å²) in [4.78, 5) is 15.0. The molecule has 6 rings (SSSR count). The van der Waals surface area contributed by atoms with Gasteiger partial charge < -0.3 is 25.6 Å². The molecule has 6 nitrogen and oxygen atoms in total. The first kappa shape index (κ1) is 24.6. The Hall–Kier alpha value is -0.690. The third-order valence-corrected chi connectivity index (χ3v) is 12.6. The van der Waals surface area contributed by atoms with Crippen molar-refractivity contribution in [3.8, 4) is 0 Å². The van der Waals surface area contributed by atoms with Crippen LogP contribution in [-0.2, 0) is 9.53 Å². The number of likely N-dealkylation sites (tertiary alicyclic amines) is 1. The maximum Gasteiger partial charge on any atom is 0.251 e. The van der Waals surface area contributed by atoms with Gasteiger partial charge in [0.15, 0.2) is 0 Å². The van der Waals surface area contributed by atoms with Gasteiger partial charge in [0.25, 0.3) is 5.91 Å². The lowest BCUT2D eigenvalue weighted by atomic mass is 9.47. The Morgan fingerprint density at radius 2 is 1.94 bits per heavy atom. The normalized spacial score (nSPS) is 53.2. The highest BCUT2D eigenvalue weighted by atomic mass is 16.5. The Morgan fingerprint density at radius 1 is 1.20 bits per heavy atom. The van der Waals surface area contributed by atoms with Crippen molar-refractivity contribution in [3.63, 3.8) is 0 Å². The van der Waals surface area contributed by atoms with Crippen LogP contribution in [-0.4, -0.2) is 64.1 Å². The van der Waals surface area contributed by atoms with Gasteiger partial charge in [0, 0.05) is 13.1 Å². The van der Waals surface area contributed by atoms with E-state index in [1.54, 1.807) is 0 Å². The number of aliphatic hydroxyl groups excluding tert-OH is 2. The number of nitrogens with two attached hydrogens (primary N) is 1. The molecular weight excluding hydrogens is 440 g/mol. The third-order valence-electron chi connectivity index (χ3n) is 12.6. The smallest absolute Gasteiger partial charge is 0.251 e. The predicted molar refractivity (Wildman–Crippen MR) is 134 cm³/mol. The summed E-state index contributed by atoms with van der Waals surface area (Å²) in [5, 5.41) is 22.6. The molecule has 1 spiro atoms. The van der Waals surface area contributed by atoms with Crippen LogP contribution in [0.25, 0.3) is 0 Å². The van der Waals surface area contributed by atoms with E-state index in [0.717, 1.165) is 58.0 Å². The Balaban J connectivity index is 1.28. The van der Waals surface area contributed by atoms with Crippen molar-refractivity contribution in [1.29, 1.82) is 0 Å². The van der Waals surface area contributed by atoms with Gasteiger partial charge in [-0.1, -0.05) is 34.1 Å². The number of rotatable bonds is 5. The monoisotopic (exact) mass is 488 g/mol. The van der Waals surface area contributed by atoms with Gasteiger partial charge in [-0.05, 0) is 97.7 Å². The highest BCUT2D eigenvalue weighted by Crippen LogP contribution is 2.83. The number of aliphatic hydroxyl groups is 2. The predicted octanol–water partition coefficient (Wildman–Crippen LogP) is 3.47. The zero-order valence-corrected chi connectivity index (χ0v) is 22.3. The summed E-state index contributed by atoms with van der Waals surface area (Å²) < 4.78 is 6.54. The number of nitrogens with zero attached hydrogens (tertiary/aromatic N) is 1. The SMILES string of the molecule is CC(C)C(O)CCC12CCCC3C1(CCC1(C)C4C(C)CC(C(=O)N5CCC5)OC4C(O)C31N)C2. The average Bonchev–Trinajstić information content (AvgIpc) is 3.41. The quantitative estimate of drug-likeness (QED) is 0.551. The lowest BCUT2D eigenvalue weighted by molar-refractivity contribution is -0.175. The van der Waals surface area contributed by atoms with E-state index >= 15 is 0 Å². The maximum absolute atomic E-state index is 13.1. The molecule has 6 fully saturated rings. The van der Waals surface area contributed by atoms with Crippen molar-refractivity contribution in [3.05, 3.63) is 0 Å². The number of carbonyl (C=O) groups excluding carboxylic acids is 1. The fourth-order valence-electron chi connectivity index (χ4n) is 10.4. The molecule has 2 saturated heterocycles. The summed E-state index contributed by atoms with van der Waals surface area (Å²) in [6.45, 7) is 10.5. The van der Waals surface area contributed by atoms with E-state index in [2.05, 4.69) is 27.7 Å². The van der Waals surface area contributed by atoms with Crippen LogP contribution in [0.2, 0.25) is 0 Å². The fraction of sp³-hybridized carbons (Fsp3) is 0.966. The molecule has 0 aromatic carbocycles. The van der Waals surface area contributed by atoms with E-state index in [9.17, 15) is 15.0 Å². The minimum absolute atomic E-state index is 0.110. The number of carbonyl (C=O) groups is 1. The van der Waals surface area contributed by atoms with E-state index in [-0.39, 0.29) is 40.3 Å². The molecule has 4 saturated carbocycles. The first-order valence-corrected chi connectivity index (χ1v) is 14.6. The van der Waals surface area contributed by atoms with E-state index < -0.39 is 17.7 Å². The second kappa shape index (κ2) is 7.91. The second-order valence-electron chi connectivity index (χ2n) is 14.2. The van der Waals surface area contributed by atoms with E-state index in [4.69, 9.17) is 10.5 Å². The molecule has 0 bridgehead atoms. The summed E-state index contributed by atoms with van der Waals surface area (Å²) in [7, 11) is 0. The van der Waals surface area contributed by atoms with E-state index in [1.165, 1.54) is 19.3 Å². The van der Waals surface area contributed by atoms with Crippen LogP contribution < -0.4 is 5.73 Å². The average molecular weight is 489 g/mol. The topological polar surface area (TPSA) is 96.0 Å². The molecule has 1 amide bonds. The van der Waals surface area contributed by atoms with Gasteiger partial charge in [0.1, 0.15) is 6.10 Å². The summed E-state index contributed by atoms with van der Waals surface area (Å²) in [6.07, 6.45) is 8.92. The van der Waals surface area contributed by atoms with Crippen LogP contribution in [0.3, 0.4) is 0 Å². The lowest BCUT2D eigenvalue weighted by Crippen LogP contribution is -2.69. The lowest BCUT2D eigenvalue weighted by Gasteiger charge is -2.60. The molecule has 4 N–H and O–H groups in total. The highest BCUT2D eigenvalue weighted by molar-refractivity contribution is 5.81. The number of hydrogen-bond donors (Lipinski definition) is 3. The molecule has 0 radical (unpaired) electrons. The minimum Gasteiger partial charge on any atom is -0.393 e. The van der Waals surface area contributed by atoms with E-state index in [1.807, 2.05) is 4.90 Å². The Morgan fingerprint density at radius 3 is 2.60 bits per heavy atom. The molecule has 6 aliphatic rings. The van der Waals surface area contributed by atoms with Crippen molar-refractivity contribution in [2.45, 2.75) is 122 Å². The molecule has 6 heteroatoms. The molecule has 11 atom stereocenters. The summed E-state index contributed by atoms with van der Waals surface area (Å²) in [6, 6.07) is 0. The number of fused-ring (bicyclic) bond motifs is 4. The maximum atomic E-state index is 13.1. The molecule has 11 unspecified atom stereocenters. The van der Waals surface area contributed by atoms with Crippen LogP contribution >= 0.6 is 0 Å². The third kappa shape index (κ3) is 3.06. The van der Waals surface area contributed by atoms with Crippen molar-refractivity contribution in [1.82, 2.24) is 4.90 Å². The Labute approximate surface area is 211 Å². The molecule has 2 heterocycles. The molecule has 4 aliphatic carbocycles. The fourth-order valence-corrected chi connectivity index (χ4v) is 10.4. The molecular formula is C29H48N2O4. The second-order valence-corrected chi connectivity index (χ2v) is 14.2. The van der Waals surface area contributed by atoms with Gasteiger partial charge in [0.2, 0.25) is 0 Å². The zero-order valence-electron chi connectivity index (χ0n) is 22.3. The van der Waals surface area contributed by atoms with Crippen LogP contribution in [0.5, 0.6) is 0 Å². The molecule has 0 aromatic heterocycles. The largest absolute Gasteiger partial charge is 0.393 e. The standard InChI is InChI=1S/C29H48N2O4/c1-17(2)19(32)8-10-27-9-5-7-21-28(27,16-27)12-11-26(4)22-18(3)15-20(25(34)31-13-6-14-31)35-23(22)24(33)29(21,26)30/h17-24,32-33H,5-16,30H2,1-4H3. The molecule has 35 heavy (non-hydrogen) atoms. The van der Waals surface area contributed by atoms with Gasteiger partial charge >= 0.3 is 0 Å². The first-order chi connectivity index (χ1) is 16.5. The Kier molecular flexibility index (Phi) is 5.57. The number of amides is 1. The van der Waals surface area contributed by atoms with Crippen molar-refractivity contribution in [2.75, 3.05) is 13.1 Å².